The lowest BCUT2D eigenvalue weighted by molar-refractivity contribution is -0.139. The van der Waals surface area contributed by atoms with Crippen molar-refractivity contribution in [1.29, 1.82) is 0 Å². The fourth-order valence-electron chi connectivity index (χ4n) is 4.58. The van der Waals surface area contributed by atoms with Crippen molar-refractivity contribution in [1.82, 2.24) is 10.2 Å². The van der Waals surface area contributed by atoms with E-state index in [0.717, 1.165) is 17.1 Å². The molecule has 0 spiro atoms. The molecule has 0 saturated heterocycles. The van der Waals surface area contributed by atoms with Crippen LogP contribution in [0.2, 0.25) is 10.0 Å². The number of hydrogen-bond acceptors (Lipinski definition) is 8. The van der Waals surface area contributed by atoms with Gasteiger partial charge in [0.2, 0.25) is 11.8 Å². The van der Waals surface area contributed by atoms with Gasteiger partial charge in [0, 0.05) is 40.8 Å². The van der Waals surface area contributed by atoms with E-state index >= 15 is 0 Å². The van der Waals surface area contributed by atoms with Gasteiger partial charge in [-0.3, -0.25) is 13.9 Å². The van der Waals surface area contributed by atoms with Gasteiger partial charge in [0.15, 0.2) is 11.5 Å². The number of ether oxygens (including phenoxy) is 4. The molecule has 0 heterocycles. The first kappa shape index (κ1) is 36.6. The summed E-state index contributed by atoms with van der Waals surface area (Å²) in [5, 5.41) is 3.41. The fraction of sp³-hybridized carbons (Fsp3) is 0.375. The summed E-state index contributed by atoms with van der Waals surface area (Å²) in [4.78, 5) is 28.6. The number of unbranched alkanes of at least 4 members (excludes halogenated alkanes) is 1. The molecule has 3 rings (SSSR count). The number of anilines is 1. The van der Waals surface area contributed by atoms with Crippen LogP contribution in [0.4, 0.5) is 5.69 Å². The predicted octanol–water partition coefficient (Wildman–Crippen LogP) is 5.56. The molecule has 0 saturated carbocycles. The van der Waals surface area contributed by atoms with Crippen LogP contribution in [-0.2, 0) is 26.2 Å². The Labute approximate surface area is 280 Å². The first-order chi connectivity index (χ1) is 21.9. The standard InChI is InChI=1S/C32H39Cl2N3O8S/c1-7-8-16-35-32(39)21(2)36(19-24-25(33)10-9-11-26(24)34)31(38)20-37(27-17-22(42-3)12-14-28(27)43-4)46(40,41)23-13-15-29(44-5)30(18-23)45-6/h9-15,17-18,21H,7-8,16,19-20H2,1-6H3,(H,35,39)/t21-/m0/s1. The molecule has 46 heavy (non-hydrogen) atoms. The lowest BCUT2D eigenvalue weighted by Crippen LogP contribution is -2.51. The number of amides is 2. The number of benzene rings is 3. The topological polar surface area (TPSA) is 124 Å². The molecule has 11 nitrogen and oxygen atoms in total. The smallest absolute Gasteiger partial charge is 0.265 e. The average Bonchev–Trinajstić information content (AvgIpc) is 3.05. The molecular weight excluding hydrogens is 657 g/mol. The summed E-state index contributed by atoms with van der Waals surface area (Å²) in [7, 11) is 1.13. The van der Waals surface area contributed by atoms with Crippen molar-refractivity contribution >= 4 is 50.7 Å². The third-order valence-corrected chi connectivity index (χ3v) is 9.73. The molecule has 0 aromatic heterocycles. The zero-order valence-corrected chi connectivity index (χ0v) is 29.0. The van der Waals surface area contributed by atoms with E-state index < -0.39 is 34.4 Å². The number of sulfonamides is 1. The quantitative estimate of drug-likeness (QED) is 0.193. The Morgan fingerprint density at radius 3 is 2.09 bits per heavy atom. The van der Waals surface area contributed by atoms with Crippen LogP contribution in [0.5, 0.6) is 23.0 Å². The van der Waals surface area contributed by atoms with Crippen molar-refractivity contribution in [3.8, 4) is 23.0 Å². The molecule has 0 aliphatic carbocycles. The maximum Gasteiger partial charge on any atom is 0.265 e. The van der Waals surface area contributed by atoms with Gasteiger partial charge in [0.25, 0.3) is 10.0 Å². The zero-order valence-electron chi connectivity index (χ0n) is 26.6. The van der Waals surface area contributed by atoms with Crippen LogP contribution < -0.4 is 28.6 Å². The van der Waals surface area contributed by atoms with Crippen molar-refractivity contribution in [2.45, 2.75) is 44.2 Å². The van der Waals surface area contributed by atoms with Gasteiger partial charge >= 0.3 is 0 Å². The van der Waals surface area contributed by atoms with Crippen molar-refractivity contribution in [2.24, 2.45) is 0 Å². The molecule has 0 fully saturated rings. The Morgan fingerprint density at radius 1 is 0.870 bits per heavy atom. The maximum atomic E-state index is 14.4. The number of rotatable bonds is 16. The molecule has 0 unspecified atom stereocenters. The van der Waals surface area contributed by atoms with E-state index in [9.17, 15) is 18.0 Å². The van der Waals surface area contributed by atoms with Crippen LogP contribution >= 0.6 is 23.2 Å². The van der Waals surface area contributed by atoms with Crippen LogP contribution in [0.25, 0.3) is 0 Å². The summed E-state index contributed by atoms with van der Waals surface area (Å²) in [6.07, 6.45) is 1.60. The van der Waals surface area contributed by atoms with Crippen LogP contribution in [0.1, 0.15) is 32.3 Å². The van der Waals surface area contributed by atoms with Crippen molar-refractivity contribution in [3.63, 3.8) is 0 Å². The van der Waals surface area contributed by atoms with Gasteiger partial charge < -0.3 is 29.2 Å². The lowest BCUT2D eigenvalue weighted by atomic mass is 10.1. The second kappa shape index (κ2) is 16.6. The monoisotopic (exact) mass is 695 g/mol. The van der Waals surface area contributed by atoms with Gasteiger partial charge in [-0.1, -0.05) is 42.6 Å². The zero-order chi connectivity index (χ0) is 34.0. The Bertz CT molecular complexity index is 1620. The number of halogens is 2. The number of carbonyl (C=O) groups excluding carboxylic acids is 2. The van der Waals surface area contributed by atoms with Crippen LogP contribution in [-0.4, -0.2) is 72.7 Å². The number of hydrogen-bond donors (Lipinski definition) is 1. The summed E-state index contributed by atoms with van der Waals surface area (Å²) in [5.74, 6) is -0.169. The van der Waals surface area contributed by atoms with E-state index in [0.29, 0.717) is 23.6 Å². The summed E-state index contributed by atoms with van der Waals surface area (Å²) in [6, 6.07) is 12.5. The minimum absolute atomic E-state index is 0.0285. The predicted molar refractivity (Wildman–Crippen MR) is 178 cm³/mol. The van der Waals surface area contributed by atoms with Gasteiger partial charge in [-0.05, 0) is 49.7 Å². The summed E-state index contributed by atoms with van der Waals surface area (Å²) in [6.45, 7) is 3.07. The molecule has 250 valence electrons. The highest BCUT2D eigenvalue weighted by Crippen LogP contribution is 2.38. The third kappa shape index (κ3) is 8.48. The molecule has 1 N–H and O–H groups in total. The lowest BCUT2D eigenvalue weighted by Gasteiger charge is -2.32. The molecule has 2 amide bonds. The van der Waals surface area contributed by atoms with E-state index in [1.807, 2.05) is 6.92 Å². The van der Waals surface area contributed by atoms with E-state index in [-0.39, 0.29) is 38.7 Å². The maximum absolute atomic E-state index is 14.4. The molecule has 0 radical (unpaired) electrons. The molecule has 0 bridgehead atoms. The Morgan fingerprint density at radius 2 is 1.50 bits per heavy atom. The molecule has 14 heteroatoms. The van der Waals surface area contributed by atoms with Crippen molar-refractivity contribution in [3.05, 3.63) is 70.2 Å². The van der Waals surface area contributed by atoms with Crippen LogP contribution in [0, 0.1) is 0 Å². The van der Waals surface area contributed by atoms with E-state index in [2.05, 4.69) is 5.32 Å². The van der Waals surface area contributed by atoms with E-state index in [1.54, 1.807) is 31.2 Å². The number of carbonyl (C=O) groups is 2. The van der Waals surface area contributed by atoms with E-state index in [4.69, 9.17) is 42.1 Å². The molecule has 0 aliphatic rings. The molecular formula is C32H39Cl2N3O8S. The van der Waals surface area contributed by atoms with Crippen molar-refractivity contribution in [2.75, 3.05) is 45.8 Å². The normalized spacial score (nSPS) is 11.7. The Balaban J connectivity index is 2.18. The third-order valence-electron chi connectivity index (χ3n) is 7.26. The van der Waals surface area contributed by atoms with E-state index in [1.165, 1.54) is 63.7 Å². The second-order valence-electron chi connectivity index (χ2n) is 10.1. The van der Waals surface area contributed by atoms with Gasteiger partial charge in [-0.15, -0.1) is 0 Å². The molecule has 3 aromatic carbocycles. The average molecular weight is 697 g/mol. The summed E-state index contributed by atoms with van der Waals surface area (Å²) >= 11 is 12.9. The van der Waals surface area contributed by atoms with Crippen LogP contribution in [0.3, 0.4) is 0 Å². The fourth-order valence-corrected chi connectivity index (χ4v) is 6.53. The summed E-state index contributed by atoms with van der Waals surface area (Å²) < 4.78 is 51.2. The van der Waals surface area contributed by atoms with Gasteiger partial charge in [-0.25, -0.2) is 8.42 Å². The second-order valence-corrected chi connectivity index (χ2v) is 12.8. The first-order valence-corrected chi connectivity index (χ1v) is 16.6. The van der Waals surface area contributed by atoms with Crippen molar-refractivity contribution < 1.29 is 37.0 Å². The highest BCUT2D eigenvalue weighted by Gasteiger charge is 2.35. The molecule has 0 aliphatic heterocycles. The molecule has 3 aromatic rings. The van der Waals surface area contributed by atoms with Gasteiger partial charge in [-0.2, -0.15) is 0 Å². The summed E-state index contributed by atoms with van der Waals surface area (Å²) in [5.41, 5.74) is 0.432. The minimum Gasteiger partial charge on any atom is -0.497 e. The highest BCUT2D eigenvalue weighted by atomic mass is 35.5. The van der Waals surface area contributed by atoms with Gasteiger partial charge in [0.05, 0.1) is 39.0 Å². The first-order valence-electron chi connectivity index (χ1n) is 14.4. The SMILES string of the molecule is CCCCNC(=O)[C@H](C)N(Cc1c(Cl)cccc1Cl)C(=O)CN(c1cc(OC)ccc1OC)S(=O)(=O)c1ccc(OC)c(OC)c1. The Kier molecular flexibility index (Phi) is 13.2. The number of methoxy groups -OCH3 is 4. The highest BCUT2D eigenvalue weighted by molar-refractivity contribution is 7.92. The largest absolute Gasteiger partial charge is 0.497 e. The van der Waals surface area contributed by atoms with Crippen LogP contribution in [0.15, 0.2) is 59.5 Å². The van der Waals surface area contributed by atoms with Gasteiger partial charge in [0.1, 0.15) is 24.1 Å². The Hall–Kier alpha value is -3.87. The molecule has 1 atom stereocenters. The minimum atomic E-state index is -4.49. The number of nitrogens with one attached hydrogen (secondary N) is 1. The number of nitrogens with zero attached hydrogens (tertiary/aromatic N) is 2.